The molecule has 13 heavy (non-hydrogen) atoms. The van der Waals surface area contributed by atoms with Gasteiger partial charge in [-0.3, -0.25) is 0 Å². The highest BCUT2D eigenvalue weighted by atomic mass is 14.6. The van der Waals surface area contributed by atoms with Crippen LogP contribution in [0.15, 0.2) is 0 Å². The number of rotatable bonds is 0. The highest BCUT2D eigenvalue weighted by Gasteiger charge is 2.56. The third kappa shape index (κ3) is 0.980. The predicted octanol–water partition coefficient (Wildman–Crippen LogP) is 3.07. The van der Waals surface area contributed by atoms with Gasteiger partial charge in [-0.2, -0.15) is 5.26 Å². The zero-order valence-corrected chi connectivity index (χ0v) is 8.27. The maximum Gasteiger partial charge on any atom is 0.0690 e. The van der Waals surface area contributed by atoms with Crippen molar-refractivity contribution in [3.8, 4) is 6.07 Å². The Hall–Kier alpha value is -0.510. The summed E-state index contributed by atoms with van der Waals surface area (Å²) in [5.41, 5.74) is 0.577. The summed E-state index contributed by atoms with van der Waals surface area (Å²) in [7, 11) is 0. The molecule has 0 aromatic carbocycles. The van der Waals surface area contributed by atoms with Crippen LogP contribution >= 0.6 is 0 Å². The first-order valence-corrected chi connectivity index (χ1v) is 5.38. The van der Waals surface area contributed by atoms with Crippen LogP contribution < -0.4 is 0 Å². The Morgan fingerprint density at radius 1 is 1.38 bits per heavy atom. The van der Waals surface area contributed by atoms with Crippen LogP contribution in [0, 0.1) is 34.0 Å². The number of nitriles is 1. The van der Waals surface area contributed by atoms with Gasteiger partial charge in [0, 0.05) is 0 Å². The van der Waals surface area contributed by atoms with Crippen LogP contribution in [0.1, 0.15) is 45.4 Å². The fourth-order valence-electron chi connectivity index (χ4n) is 4.52. The minimum Gasteiger partial charge on any atom is -0.198 e. The first-order chi connectivity index (χ1) is 6.13. The molecule has 1 nitrogen and oxygen atoms in total. The average Bonchev–Trinajstić information content (AvgIpc) is 1.99. The molecule has 0 aromatic rings. The van der Waals surface area contributed by atoms with E-state index in [0.29, 0.717) is 5.41 Å². The molecule has 4 aliphatic rings. The molecule has 69 valence electrons. The molecule has 4 rings (SSSR count). The second-order valence-corrected chi connectivity index (χ2v) is 5.96. The topological polar surface area (TPSA) is 23.8 Å². The molecule has 4 saturated carbocycles. The molecule has 0 aromatic heterocycles. The summed E-state index contributed by atoms with van der Waals surface area (Å²) in [6.45, 7) is 2.39. The van der Waals surface area contributed by atoms with Crippen molar-refractivity contribution in [2.45, 2.75) is 45.4 Å². The molecule has 0 amide bonds. The van der Waals surface area contributed by atoms with Crippen molar-refractivity contribution in [3.63, 3.8) is 0 Å². The van der Waals surface area contributed by atoms with Gasteiger partial charge >= 0.3 is 0 Å². The molecule has 3 unspecified atom stereocenters. The van der Waals surface area contributed by atoms with Crippen molar-refractivity contribution >= 4 is 0 Å². The SMILES string of the molecule is CC12C[C]3CC(C1)CC(C#N)(C3)C2. The first kappa shape index (κ1) is 7.85. The Morgan fingerprint density at radius 3 is 2.85 bits per heavy atom. The molecule has 0 saturated heterocycles. The van der Waals surface area contributed by atoms with Gasteiger partial charge in [-0.05, 0) is 55.8 Å². The summed E-state index contributed by atoms with van der Waals surface area (Å²) in [5, 5.41) is 9.28. The highest BCUT2D eigenvalue weighted by Crippen LogP contribution is 2.65. The standard InChI is InChI=1S/C12H16N/c1-11-3-9-2-10(4-11)6-12(5-9,7-11)8-13/h9H,2-7H2,1H3. The van der Waals surface area contributed by atoms with E-state index in [9.17, 15) is 5.26 Å². The van der Waals surface area contributed by atoms with Crippen molar-refractivity contribution in [2.24, 2.45) is 16.7 Å². The highest BCUT2D eigenvalue weighted by molar-refractivity contribution is 5.22. The minimum absolute atomic E-state index is 0.0729. The van der Waals surface area contributed by atoms with Crippen LogP contribution in [0.4, 0.5) is 0 Å². The molecule has 3 atom stereocenters. The van der Waals surface area contributed by atoms with Crippen LogP contribution in [0.3, 0.4) is 0 Å². The lowest BCUT2D eigenvalue weighted by molar-refractivity contribution is -0.0164. The molecule has 1 radical (unpaired) electrons. The van der Waals surface area contributed by atoms with Gasteiger partial charge in [-0.15, -0.1) is 0 Å². The van der Waals surface area contributed by atoms with E-state index >= 15 is 0 Å². The lowest BCUT2D eigenvalue weighted by Crippen LogP contribution is -2.49. The van der Waals surface area contributed by atoms with Gasteiger partial charge in [0.15, 0.2) is 0 Å². The summed E-state index contributed by atoms with van der Waals surface area (Å²) >= 11 is 0. The summed E-state index contributed by atoms with van der Waals surface area (Å²) < 4.78 is 0. The lowest BCUT2D eigenvalue weighted by atomic mass is 9.45. The zero-order chi connectivity index (χ0) is 9.10. The fourth-order valence-corrected chi connectivity index (χ4v) is 4.52. The molecule has 0 spiro atoms. The molecule has 0 aliphatic heterocycles. The van der Waals surface area contributed by atoms with Gasteiger partial charge in [0.2, 0.25) is 0 Å². The van der Waals surface area contributed by atoms with Gasteiger partial charge in [-0.1, -0.05) is 6.92 Å². The smallest absolute Gasteiger partial charge is 0.0690 e. The van der Waals surface area contributed by atoms with Crippen molar-refractivity contribution in [2.75, 3.05) is 0 Å². The van der Waals surface area contributed by atoms with Crippen molar-refractivity contribution in [1.82, 2.24) is 0 Å². The quantitative estimate of drug-likeness (QED) is 0.553. The van der Waals surface area contributed by atoms with Gasteiger partial charge in [-0.25, -0.2) is 0 Å². The number of hydrogen-bond acceptors (Lipinski definition) is 1. The lowest BCUT2D eigenvalue weighted by Gasteiger charge is -2.58. The zero-order valence-electron chi connectivity index (χ0n) is 8.27. The Labute approximate surface area is 80.1 Å². The molecule has 4 bridgehead atoms. The third-order valence-electron chi connectivity index (χ3n) is 4.31. The fraction of sp³-hybridized carbons (Fsp3) is 0.833. The van der Waals surface area contributed by atoms with Gasteiger partial charge in [0.25, 0.3) is 0 Å². The molecule has 4 fully saturated rings. The van der Waals surface area contributed by atoms with E-state index < -0.39 is 0 Å². The number of hydrogen-bond donors (Lipinski definition) is 0. The molecule has 0 N–H and O–H groups in total. The average molecular weight is 174 g/mol. The normalized spacial score (nSPS) is 53.7. The van der Waals surface area contributed by atoms with Gasteiger partial charge in [0.1, 0.15) is 0 Å². The van der Waals surface area contributed by atoms with Crippen LogP contribution in [0.5, 0.6) is 0 Å². The Morgan fingerprint density at radius 2 is 2.23 bits per heavy atom. The molecular formula is C12H16N. The second-order valence-electron chi connectivity index (χ2n) is 5.96. The van der Waals surface area contributed by atoms with E-state index in [1.807, 2.05) is 0 Å². The van der Waals surface area contributed by atoms with E-state index in [1.165, 1.54) is 32.1 Å². The summed E-state index contributed by atoms with van der Waals surface area (Å²) in [5.74, 6) is 2.56. The van der Waals surface area contributed by atoms with Gasteiger partial charge < -0.3 is 0 Å². The van der Waals surface area contributed by atoms with Crippen LogP contribution in [-0.4, -0.2) is 0 Å². The first-order valence-electron chi connectivity index (χ1n) is 5.38. The summed E-state index contributed by atoms with van der Waals surface area (Å²) in [6.07, 6.45) is 7.57. The van der Waals surface area contributed by atoms with E-state index in [2.05, 4.69) is 13.0 Å². The van der Waals surface area contributed by atoms with Crippen LogP contribution in [-0.2, 0) is 0 Å². The van der Waals surface area contributed by atoms with E-state index in [4.69, 9.17) is 0 Å². The van der Waals surface area contributed by atoms with Gasteiger partial charge in [0.05, 0.1) is 11.5 Å². The third-order valence-corrected chi connectivity index (χ3v) is 4.31. The molecule has 0 heterocycles. The van der Waals surface area contributed by atoms with E-state index in [0.717, 1.165) is 12.3 Å². The maximum atomic E-state index is 9.28. The van der Waals surface area contributed by atoms with Crippen molar-refractivity contribution < 1.29 is 0 Å². The van der Waals surface area contributed by atoms with E-state index in [-0.39, 0.29) is 5.41 Å². The largest absolute Gasteiger partial charge is 0.198 e. The Kier molecular flexibility index (Phi) is 1.27. The van der Waals surface area contributed by atoms with Crippen molar-refractivity contribution in [1.29, 1.82) is 5.26 Å². The minimum atomic E-state index is 0.0729. The predicted molar refractivity (Wildman–Crippen MR) is 50.6 cm³/mol. The Balaban J connectivity index is 2.01. The molecular weight excluding hydrogens is 158 g/mol. The second kappa shape index (κ2) is 2.11. The van der Waals surface area contributed by atoms with Crippen molar-refractivity contribution in [3.05, 3.63) is 5.92 Å². The molecule has 4 aliphatic carbocycles. The summed E-state index contributed by atoms with van der Waals surface area (Å²) in [4.78, 5) is 0. The number of nitrogens with zero attached hydrogens (tertiary/aromatic N) is 1. The monoisotopic (exact) mass is 174 g/mol. The summed E-state index contributed by atoms with van der Waals surface area (Å²) in [6, 6.07) is 2.61. The Bertz CT molecular complexity index is 272. The van der Waals surface area contributed by atoms with Crippen LogP contribution in [0.25, 0.3) is 0 Å². The maximum absolute atomic E-state index is 9.28. The van der Waals surface area contributed by atoms with Crippen LogP contribution in [0.2, 0.25) is 0 Å². The van der Waals surface area contributed by atoms with E-state index in [1.54, 1.807) is 5.92 Å². The molecule has 1 heteroatoms.